The van der Waals surface area contributed by atoms with E-state index >= 15 is 0 Å². The van der Waals surface area contributed by atoms with Crippen molar-refractivity contribution in [2.45, 2.75) is 39.7 Å². The van der Waals surface area contributed by atoms with Crippen LogP contribution >= 0.6 is 0 Å². The van der Waals surface area contributed by atoms with E-state index in [4.69, 9.17) is 0 Å². The predicted molar refractivity (Wildman–Crippen MR) is 101 cm³/mol. The molecule has 0 radical (unpaired) electrons. The van der Waals surface area contributed by atoms with Gasteiger partial charge in [-0.05, 0) is 75.0 Å². The number of benzene rings is 2. The summed E-state index contributed by atoms with van der Waals surface area (Å²) in [5.74, 6) is 0. The van der Waals surface area contributed by atoms with Crippen molar-refractivity contribution in [3.63, 3.8) is 0 Å². The molecule has 3 heteroatoms. The molecule has 0 unspecified atom stereocenters. The van der Waals surface area contributed by atoms with Crippen molar-refractivity contribution >= 4 is 11.0 Å². The number of nitrogens with one attached hydrogen (secondary N) is 1. The van der Waals surface area contributed by atoms with E-state index in [0.717, 1.165) is 38.0 Å². The molecule has 0 fully saturated rings. The number of hydrogen-bond donors (Lipinski definition) is 1. The fraction of sp³-hybridized carbons (Fsp3) is 0.381. The van der Waals surface area contributed by atoms with Gasteiger partial charge in [-0.15, -0.1) is 0 Å². The third-order valence-electron chi connectivity index (χ3n) is 4.65. The first-order chi connectivity index (χ1) is 11.7. The molecule has 126 valence electrons. The van der Waals surface area contributed by atoms with E-state index in [-0.39, 0.29) is 0 Å². The number of rotatable bonds is 8. The molecule has 0 spiro atoms. The lowest BCUT2D eigenvalue weighted by molar-refractivity contribution is 0.577. The van der Waals surface area contributed by atoms with Crippen molar-refractivity contribution in [1.82, 2.24) is 14.9 Å². The first-order valence-corrected chi connectivity index (χ1v) is 8.91. The van der Waals surface area contributed by atoms with Crippen LogP contribution in [0, 0.1) is 13.8 Å². The Labute approximate surface area is 144 Å². The van der Waals surface area contributed by atoms with Crippen molar-refractivity contribution < 1.29 is 0 Å². The molecule has 0 saturated heterocycles. The largest absolute Gasteiger partial charge is 0.331 e. The van der Waals surface area contributed by atoms with Crippen LogP contribution in [-0.2, 0) is 13.0 Å². The summed E-state index contributed by atoms with van der Waals surface area (Å²) in [4.78, 5) is 4.53. The molecule has 3 rings (SSSR count). The first kappa shape index (κ1) is 16.7. The predicted octanol–water partition coefficient (Wildman–Crippen LogP) is 4.27. The minimum atomic E-state index is 1.02. The van der Waals surface area contributed by atoms with E-state index in [9.17, 15) is 0 Å². The Morgan fingerprint density at radius 1 is 0.958 bits per heavy atom. The lowest BCUT2D eigenvalue weighted by atomic mass is 10.1. The van der Waals surface area contributed by atoms with Gasteiger partial charge in [-0.25, -0.2) is 4.98 Å². The smallest absolute Gasteiger partial charge is 0.0958 e. The molecular weight excluding hydrogens is 294 g/mol. The molecule has 3 nitrogen and oxygen atoms in total. The summed E-state index contributed by atoms with van der Waals surface area (Å²) in [6.45, 7) is 7.47. The molecule has 1 heterocycles. The zero-order valence-electron chi connectivity index (χ0n) is 14.8. The summed E-state index contributed by atoms with van der Waals surface area (Å²) in [6.07, 6.45) is 5.44. The van der Waals surface area contributed by atoms with Crippen LogP contribution in [-0.4, -0.2) is 22.6 Å². The number of aromatic nitrogens is 2. The van der Waals surface area contributed by atoms with Crippen molar-refractivity contribution in [3.8, 4) is 0 Å². The highest BCUT2D eigenvalue weighted by molar-refractivity contribution is 5.77. The van der Waals surface area contributed by atoms with Crippen LogP contribution in [0.2, 0.25) is 0 Å². The molecular formula is C21H27N3. The second-order valence-corrected chi connectivity index (χ2v) is 6.56. The van der Waals surface area contributed by atoms with Crippen LogP contribution < -0.4 is 5.32 Å². The molecule has 0 aliphatic carbocycles. The van der Waals surface area contributed by atoms with Crippen molar-refractivity contribution in [1.29, 1.82) is 0 Å². The quantitative estimate of drug-likeness (QED) is 0.628. The van der Waals surface area contributed by atoms with Crippen LogP contribution in [0.15, 0.2) is 48.8 Å². The maximum Gasteiger partial charge on any atom is 0.0958 e. The Hall–Kier alpha value is -2.13. The van der Waals surface area contributed by atoms with Gasteiger partial charge in [0.2, 0.25) is 0 Å². The minimum Gasteiger partial charge on any atom is -0.331 e. The van der Waals surface area contributed by atoms with Crippen LogP contribution in [0.1, 0.15) is 29.5 Å². The van der Waals surface area contributed by atoms with E-state index in [0.29, 0.717) is 0 Å². The highest BCUT2D eigenvalue weighted by Crippen LogP contribution is 2.18. The molecule has 0 aliphatic rings. The average Bonchev–Trinajstić information content (AvgIpc) is 2.97. The molecule has 0 atom stereocenters. The van der Waals surface area contributed by atoms with Gasteiger partial charge in [0, 0.05) is 6.54 Å². The number of imidazole rings is 1. The van der Waals surface area contributed by atoms with Crippen LogP contribution in [0.5, 0.6) is 0 Å². The van der Waals surface area contributed by atoms with Gasteiger partial charge in [-0.3, -0.25) is 0 Å². The van der Waals surface area contributed by atoms with Gasteiger partial charge in [-0.1, -0.05) is 30.3 Å². The fourth-order valence-corrected chi connectivity index (χ4v) is 3.05. The highest BCUT2D eigenvalue weighted by Gasteiger charge is 2.04. The molecule has 3 aromatic rings. The Kier molecular flexibility index (Phi) is 5.65. The van der Waals surface area contributed by atoms with E-state index in [1.54, 1.807) is 0 Å². The molecule has 1 aromatic heterocycles. The summed E-state index contributed by atoms with van der Waals surface area (Å²) < 4.78 is 2.27. The topological polar surface area (TPSA) is 29.9 Å². The third kappa shape index (κ3) is 4.24. The van der Waals surface area contributed by atoms with Gasteiger partial charge in [-0.2, -0.15) is 0 Å². The SMILES string of the molecule is Cc1cc2ncn(CCCNCCCc3ccccc3)c2cc1C. The lowest BCUT2D eigenvalue weighted by Gasteiger charge is -2.07. The fourth-order valence-electron chi connectivity index (χ4n) is 3.05. The molecule has 24 heavy (non-hydrogen) atoms. The molecule has 0 saturated carbocycles. The maximum absolute atomic E-state index is 4.53. The summed E-state index contributed by atoms with van der Waals surface area (Å²) in [6, 6.07) is 15.1. The monoisotopic (exact) mass is 321 g/mol. The Balaban J connectivity index is 1.38. The maximum atomic E-state index is 4.53. The zero-order chi connectivity index (χ0) is 16.8. The van der Waals surface area contributed by atoms with Crippen LogP contribution in [0.4, 0.5) is 0 Å². The van der Waals surface area contributed by atoms with Crippen molar-refractivity contribution in [2.24, 2.45) is 0 Å². The molecule has 1 N–H and O–H groups in total. The summed E-state index contributed by atoms with van der Waals surface area (Å²) in [5, 5.41) is 3.55. The van der Waals surface area contributed by atoms with E-state index in [1.165, 1.54) is 28.6 Å². The lowest BCUT2D eigenvalue weighted by Crippen LogP contribution is -2.18. The Morgan fingerprint density at radius 3 is 2.54 bits per heavy atom. The molecule has 2 aromatic carbocycles. The van der Waals surface area contributed by atoms with Crippen molar-refractivity contribution in [2.75, 3.05) is 13.1 Å². The Bertz CT molecular complexity index is 774. The average molecular weight is 321 g/mol. The first-order valence-electron chi connectivity index (χ1n) is 8.91. The van der Waals surface area contributed by atoms with Gasteiger partial charge in [0.1, 0.15) is 0 Å². The molecule has 0 amide bonds. The molecule has 0 aliphatic heterocycles. The van der Waals surface area contributed by atoms with Crippen LogP contribution in [0.25, 0.3) is 11.0 Å². The highest BCUT2D eigenvalue weighted by atomic mass is 15.0. The van der Waals surface area contributed by atoms with Gasteiger partial charge >= 0.3 is 0 Å². The van der Waals surface area contributed by atoms with E-state index in [2.05, 4.69) is 71.2 Å². The minimum absolute atomic E-state index is 1.02. The van der Waals surface area contributed by atoms with Gasteiger partial charge in [0.25, 0.3) is 0 Å². The number of nitrogens with zero attached hydrogens (tertiary/aromatic N) is 2. The van der Waals surface area contributed by atoms with Gasteiger partial charge < -0.3 is 9.88 Å². The molecule has 0 bridgehead atoms. The van der Waals surface area contributed by atoms with E-state index < -0.39 is 0 Å². The second kappa shape index (κ2) is 8.11. The number of aryl methyl sites for hydroxylation is 4. The van der Waals surface area contributed by atoms with Crippen LogP contribution in [0.3, 0.4) is 0 Å². The normalized spacial score (nSPS) is 11.2. The van der Waals surface area contributed by atoms with E-state index in [1.807, 2.05) is 6.33 Å². The third-order valence-corrected chi connectivity index (χ3v) is 4.65. The number of fused-ring (bicyclic) bond motifs is 1. The standard InChI is InChI=1S/C21H27N3/c1-17-14-20-21(15-18(17)2)24(16-23-20)13-7-12-22-11-6-10-19-8-4-3-5-9-19/h3-5,8-9,14-16,22H,6-7,10-13H2,1-2H3. The van der Waals surface area contributed by atoms with Gasteiger partial charge in [0.15, 0.2) is 0 Å². The summed E-state index contributed by atoms with van der Waals surface area (Å²) in [7, 11) is 0. The number of hydrogen-bond acceptors (Lipinski definition) is 2. The van der Waals surface area contributed by atoms with Gasteiger partial charge in [0.05, 0.1) is 17.4 Å². The second-order valence-electron chi connectivity index (χ2n) is 6.56. The Morgan fingerprint density at radius 2 is 1.71 bits per heavy atom. The summed E-state index contributed by atoms with van der Waals surface area (Å²) >= 11 is 0. The summed E-state index contributed by atoms with van der Waals surface area (Å²) in [5.41, 5.74) is 6.43. The van der Waals surface area contributed by atoms with Crippen molar-refractivity contribution in [3.05, 3.63) is 65.5 Å². The zero-order valence-corrected chi connectivity index (χ0v) is 14.8.